The molecule has 1 heterocycles. The quantitative estimate of drug-likeness (QED) is 0.649. The van der Waals surface area contributed by atoms with Crippen LogP contribution in [-0.2, 0) is 0 Å². The first kappa shape index (κ1) is 17.4. The maximum Gasteiger partial charge on any atom is 0.0621 e. The zero-order valence-corrected chi connectivity index (χ0v) is 14.7. The normalized spacial score (nSPS) is 25.0. The van der Waals surface area contributed by atoms with Gasteiger partial charge in [-0.1, -0.05) is 30.3 Å². The molecule has 3 rings (SSSR count). The molecule has 1 saturated carbocycles. The van der Waals surface area contributed by atoms with Gasteiger partial charge in [-0.15, -0.1) is 0 Å². The van der Waals surface area contributed by atoms with Gasteiger partial charge in [-0.25, -0.2) is 0 Å². The van der Waals surface area contributed by atoms with Gasteiger partial charge in [-0.2, -0.15) is 5.26 Å². The highest BCUT2D eigenvalue weighted by Gasteiger charge is 2.39. The summed E-state index contributed by atoms with van der Waals surface area (Å²) in [7, 11) is 2.17. The maximum atomic E-state index is 8.79. The smallest absolute Gasteiger partial charge is 0.0621 e. The first-order valence-corrected chi connectivity index (χ1v) is 9.36. The summed E-state index contributed by atoms with van der Waals surface area (Å²) in [6, 6.07) is 14.9. The van der Waals surface area contributed by atoms with E-state index in [1.807, 2.05) is 0 Å². The minimum Gasteiger partial charge on any atom is -0.311 e. The Kier molecular flexibility index (Phi) is 6.25. The van der Waals surface area contributed by atoms with E-state index in [1.54, 1.807) is 0 Å². The summed E-state index contributed by atoms with van der Waals surface area (Å²) in [5, 5.41) is 16.3. The van der Waals surface area contributed by atoms with Crippen LogP contribution in [0, 0.1) is 11.3 Å². The van der Waals surface area contributed by atoms with E-state index in [0.717, 1.165) is 25.8 Å². The summed E-state index contributed by atoms with van der Waals surface area (Å²) >= 11 is 0. The minimum absolute atomic E-state index is 0.530. The highest BCUT2D eigenvalue weighted by molar-refractivity contribution is 5.27. The first-order valence-electron chi connectivity index (χ1n) is 9.36. The molecule has 2 aliphatic rings. The molecule has 2 N–H and O–H groups in total. The number of hydrogen-bond acceptors (Lipinski definition) is 4. The van der Waals surface area contributed by atoms with Gasteiger partial charge < -0.3 is 15.5 Å². The molecule has 1 aliphatic heterocycles. The van der Waals surface area contributed by atoms with E-state index in [4.69, 9.17) is 5.26 Å². The number of hydrogen-bond donors (Lipinski definition) is 2. The van der Waals surface area contributed by atoms with Crippen LogP contribution in [0.2, 0.25) is 0 Å². The fraction of sp³-hybridized carbons (Fsp3) is 0.650. The van der Waals surface area contributed by atoms with Gasteiger partial charge in [0.15, 0.2) is 0 Å². The lowest BCUT2D eigenvalue weighted by atomic mass is 10.0. The number of unbranched alkanes of at least 4 members (excludes halogenated alkanes) is 1. The van der Waals surface area contributed by atoms with Crippen molar-refractivity contribution in [1.29, 1.82) is 5.26 Å². The highest BCUT2D eigenvalue weighted by atomic mass is 15.2. The van der Waals surface area contributed by atoms with Crippen LogP contribution in [0.5, 0.6) is 0 Å². The van der Waals surface area contributed by atoms with E-state index in [-0.39, 0.29) is 0 Å². The number of nitriles is 1. The van der Waals surface area contributed by atoms with Gasteiger partial charge in [0.25, 0.3) is 0 Å². The third-order valence-electron chi connectivity index (χ3n) is 5.30. The van der Waals surface area contributed by atoms with Gasteiger partial charge in [-0.05, 0) is 44.8 Å². The average Bonchev–Trinajstić information content (AvgIpc) is 3.33. The van der Waals surface area contributed by atoms with Gasteiger partial charge in [0.2, 0.25) is 0 Å². The molecule has 1 aromatic carbocycles. The number of benzene rings is 1. The maximum absolute atomic E-state index is 8.79. The third kappa shape index (κ3) is 5.04. The van der Waals surface area contributed by atoms with Gasteiger partial charge in [0.05, 0.1) is 6.07 Å². The van der Waals surface area contributed by atoms with E-state index in [9.17, 15) is 0 Å². The number of rotatable bonds is 10. The number of nitrogens with zero attached hydrogens (tertiary/aromatic N) is 2. The Morgan fingerprint density at radius 3 is 2.75 bits per heavy atom. The molecule has 2 fully saturated rings. The highest BCUT2D eigenvalue weighted by Crippen LogP contribution is 2.41. The van der Waals surface area contributed by atoms with E-state index in [0.29, 0.717) is 30.5 Å². The van der Waals surface area contributed by atoms with Crippen molar-refractivity contribution in [1.82, 2.24) is 15.5 Å². The van der Waals surface area contributed by atoms with Crippen LogP contribution in [0.1, 0.15) is 43.6 Å². The molecule has 3 atom stereocenters. The standard InChI is InChI=1S/C20H30N4/c1-24-14-18(15-24)22-12-10-17(9-5-6-11-21)23-20-13-19(20)16-7-3-2-4-8-16/h2-4,7-8,17-20,22-23H,5-6,9-10,12-15H2,1H3. The number of nitrogens with one attached hydrogen (secondary N) is 2. The zero-order valence-electron chi connectivity index (χ0n) is 14.7. The molecule has 130 valence electrons. The molecule has 0 radical (unpaired) electrons. The van der Waals surface area contributed by atoms with Crippen LogP contribution in [0.15, 0.2) is 30.3 Å². The molecular formula is C20H30N4. The van der Waals surface area contributed by atoms with Crippen molar-refractivity contribution < 1.29 is 0 Å². The molecule has 0 spiro atoms. The number of likely N-dealkylation sites (N-methyl/N-ethyl adjacent to an activating group) is 1. The van der Waals surface area contributed by atoms with Crippen molar-refractivity contribution in [2.24, 2.45) is 0 Å². The van der Waals surface area contributed by atoms with Gasteiger partial charge in [-0.3, -0.25) is 0 Å². The lowest BCUT2D eigenvalue weighted by molar-refractivity contribution is 0.161. The van der Waals surface area contributed by atoms with Crippen LogP contribution < -0.4 is 10.6 Å². The second kappa shape index (κ2) is 8.62. The summed E-state index contributed by atoms with van der Waals surface area (Å²) in [6.45, 7) is 3.42. The zero-order chi connectivity index (χ0) is 16.8. The predicted molar refractivity (Wildman–Crippen MR) is 97.9 cm³/mol. The third-order valence-corrected chi connectivity index (χ3v) is 5.30. The summed E-state index contributed by atoms with van der Waals surface area (Å²) in [5.41, 5.74) is 1.46. The molecule has 0 bridgehead atoms. The molecule has 0 aromatic heterocycles. The van der Waals surface area contributed by atoms with Gasteiger partial charge in [0, 0.05) is 43.6 Å². The van der Waals surface area contributed by atoms with Crippen molar-refractivity contribution in [2.45, 2.75) is 56.1 Å². The van der Waals surface area contributed by atoms with Gasteiger partial charge >= 0.3 is 0 Å². The van der Waals surface area contributed by atoms with Crippen LogP contribution >= 0.6 is 0 Å². The minimum atomic E-state index is 0.530. The summed E-state index contributed by atoms with van der Waals surface area (Å²) in [6.07, 6.45) is 5.19. The van der Waals surface area contributed by atoms with Gasteiger partial charge in [0.1, 0.15) is 0 Å². The van der Waals surface area contributed by atoms with E-state index < -0.39 is 0 Å². The molecule has 4 heteroatoms. The monoisotopic (exact) mass is 326 g/mol. The van der Waals surface area contributed by atoms with E-state index in [2.05, 4.69) is 59.0 Å². The van der Waals surface area contributed by atoms with Crippen molar-refractivity contribution in [3.05, 3.63) is 35.9 Å². The lowest BCUT2D eigenvalue weighted by Crippen LogP contribution is -2.56. The second-order valence-electron chi connectivity index (χ2n) is 7.43. The predicted octanol–water partition coefficient (Wildman–Crippen LogP) is 2.49. The van der Waals surface area contributed by atoms with Crippen LogP contribution in [0.25, 0.3) is 0 Å². The molecule has 1 saturated heterocycles. The molecule has 4 nitrogen and oxygen atoms in total. The average molecular weight is 326 g/mol. The van der Waals surface area contributed by atoms with Crippen molar-refractivity contribution in [3.63, 3.8) is 0 Å². The Balaban J connectivity index is 1.41. The second-order valence-corrected chi connectivity index (χ2v) is 7.43. The first-order chi connectivity index (χ1) is 11.8. The number of likely N-dealkylation sites (tertiary alicyclic amines) is 1. The summed E-state index contributed by atoms with van der Waals surface area (Å²) < 4.78 is 0. The molecular weight excluding hydrogens is 296 g/mol. The Labute approximate surface area is 146 Å². The summed E-state index contributed by atoms with van der Waals surface area (Å²) in [4.78, 5) is 2.34. The Morgan fingerprint density at radius 1 is 1.25 bits per heavy atom. The van der Waals surface area contributed by atoms with E-state index in [1.165, 1.54) is 25.1 Å². The van der Waals surface area contributed by atoms with Crippen molar-refractivity contribution in [3.8, 4) is 6.07 Å². The lowest BCUT2D eigenvalue weighted by Gasteiger charge is -2.37. The van der Waals surface area contributed by atoms with Crippen LogP contribution in [0.3, 0.4) is 0 Å². The molecule has 3 unspecified atom stereocenters. The fourth-order valence-electron chi connectivity index (χ4n) is 3.78. The molecule has 24 heavy (non-hydrogen) atoms. The summed E-state index contributed by atoms with van der Waals surface area (Å²) in [5.74, 6) is 0.679. The molecule has 1 aliphatic carbocycles. The topological polar surface area (TPSA) is 51.1 Å². The Hall–Kier alpha value is -1.41. The van der Waals surface area contributed by atoms with Crippen LogP contribution in [0.4, 0.5) is 0 Å². The SMILES string of the molecule is CN1CC(NCCC(CCCC#N)NC2CC2c2ccccc2)C1. The Morgan fingerprint density at radius 2 is 2.04 bits per heavy atom. The van der Waals surface area contributed by atoms with Crippen molar-refractivity contribution >= 4 is 0 Å². The molecule has 1 aromatic rings. The van der Waals surface area contributed by atoms with Crippen molar-refractivity contribution in [2.75, 3.05) is 26.7 Å². The molecule has 0 amide bonds. The van der Waals surface area contributed by atoms with Crippen LogP contribution in [-0.4, -0.2) is 49.7 Å². The Bertz CT molecular complexity index is 532. The fourth-order valence-corrected chi connectivity index (χ4v) is 3.78. The largest absolute Gasteiger partial charge is 0.311 e. The van der Waals surface area contributed by atoms with E-state index >= 15 is 0 Å².